The van der Waals surface area contributed by atoms with Crippen LogP contribution in [-0.2, 0) is 17.9 Å². The monoisotopic (exact) mass is 379 g/mol. The summed E-state index contributed by atoms with van der Waals surface area (Å²) in [4.78, 5) is 31.2. The van der Waals surface area contributed by atoms with Crippen molar-refractivity contribution in [3.8, 4) is 5.69 Å². The number of thiophene rings is 1. The summed E-state index contributed by atoms with van der Waals surface area (Å²) in [5.41, 5.74) is 2.09. The first-order chi connectivity index (χ1) is 13.1. The lowest BCUT2D eigenvalue weighted by atomic mass is 10.3. The average Bonchev–Trinajstić information content (AvgIpc) is 3.34. The van der Waals surface area contributed by atoms with E-state index < -0.39 is 0 Å². The van der Waals surface area contributed by atoms with Gasteiger partial charge in [0.15, 0.2) is 5.65 Å². The number of rotatable bonds is 5. The third kappa shape index (κ3) is 3.39. The van der Waals surface area contributed by atoms with E-state index in [-0.39, 0.29) is 18.0 Å². The van der Waals surface area contributed by atoms with Gasteiger partial charge in [-0.15, -0.1) is 0 Å². The molecule has 8 heteroatoms. The molecule has 0 fully saturated rings. The first-order valence-corrected chi connectivity index (χ1v) is 9.31. The molecule has 0 saturated heterocycles. The fourth-order valence-electron chi connectivity index (χ4n) is 2.83. The highest BCUT2D eigenvalue weighted by Crippen LogP contribution is 2.13. The van der Waals surface area contributed by atoms with Crippen LogP contribution in [0.5, 0.6) is 0 Å². The number of amides is 1. The second-order valence-electron chi connectivity index (χ2n) is 6.19. The summed E-state index contributed by atoms with van der Waals surface area (Å²) in [7, 11) is 1.73. The summed E-state index contributed by atoms with van der Waals surface area (Å²) in [6, 6.07) is 11.5. The molecule has 0 bridgehead atoms. The summed E-state index contributed by atoms with van der Waals surface area (Å²) in [5.74, 6) is -0.153. The van der Waals surface area contributed by atoms with Gasteiger partial charge in [-0.05, 0) is 34.5 Å². The Morgan fingerprint density at radius 2 is 2.04 bits per heavy atom. The first-order valence-electron chi connectivity index (χ1n) is 8.37. The largest absolute Gasteiger partial charge is 0.340 e. The maximum absolute atomic E-state index is 12.7. The third-order valence-electron chi connectivity index (χ3n) is 4.29. The van der Waals surface area contributed by atoms with Crippen molar-refractivity contribution in [3.05, 3.63) is 75.6 Å². The van der Waals surface area contributed by atoms with Crippen LogP contribution in [0.2, 0.25) is 0 Å². The van der Waals surface area contributed by atoms with Crippen LogP contribution < -0.4 is 5.56 Å². The second-order valence-corrected chi connectivity index (χ2v) is 6.97. The average molecular weight is 379 g/mol. The van der Waals surface area contributed by atoms with Crippen molar-refractivity contribution in [2.75, 3.05) is 7.05 Å². The molecule has 0 aliphatic heterocycles. The van der Waals surface area contributed by atoms with Crippen molar-refractivity contribution in [2.45, 2.75) is 13.1 Å². The number of benzene rings is 1. The number of nitrogens with zero attached hydrogens (tertiary/aromatic N) is 5. The molecule has 4 aromatic rings. The zero-order valence-electron chi connectivity index (χ0n) is 14.6. The molecule has 3 aromatic heterocycles. The fraction of sp³-hybridized carbons (Fsp3) is 0.158. The Bertz CT molecular complexity index is 1130. The molecule has 4 rings (SSSR count). The lowest BCUT2D eigenvalue weighted by Crippen LogP contribution is -2.33. The van der Waals surface area contributed by atoms with E-state index in [0.717, 1.165) is 11.3 Å². The van der Waals surface area contributed by atoms with Crippen LogP contribution in [0, 0.1) is 0 Å². The number of hydrogen-bond acceptors (Lipinski definition) is 5. The number of carbonyl (C=O) groups excluding carboxylic acids is 1. The van der Waals surface area contributed by atoms with Gasteiger partial charge in [0.2, 0.25) is 5.91 Å². The highest BCUT2D eigenvalue weighted by molar-refractivity contribution is 7.07. The molecule has 1 amide bonds. The second kappa shape index (κ2) is 7.16. The lowest BCUT2D eigenvalue weighted by Gasteiger charge is -2.17. The zero-order valence-corrected chi connectivity index (χ0v) is 15.5. The Kier molecular flexibility index (Phi) is 4.55. The Morgan fingerprint density at radius 3 is 2.78 bits per heavy atom. The molecule has 136 valence electrons. The first kappa shape index (κ1) is 17.2. The summed E-state index contributed by atoms with van der Waals surface area (Å²) in [6.45, 7) is 0.456. The smallest absolute Gasteiger partial charge is 0.264 e. The summed E-state index contributed by atoms with van der Waals surface area (Å²) in [6.07, 6.45) is 2.90. The molecule has 0 N–H and O–H groups in total. The van der Waals surface area contributed by atoms with Crippen molar-refractivity contribution in [3.63, 3.8) is 0 Å². The Hall–Kier alpha value is -3.26. The molecule has 0 radical (unpaired) electrons. The van der Waals surface area contributed by atoms with Crippen LogP contribution in [0.1, 0.15) is 5.56 Å². The Morgan fingerprint density at radius 1 is 1.22 bits per heavy atom. The van der Waals surface area contributed by atoms with Crippen LogP contribution in [-0.4, -0.2) is 37.2 Å². The van der Waals surface area contributed by atoms with Crippen molar-refractivity contribution in [1.82, 2.24) is 24.2 Å². The SMILES string of the molecule is CN(Cc1ccsc1)C(=O)Cn1cnc2c(cnn2-c2ccccc2)c1=O. The quantitative estimate of drug-likeness (QED) is 0.533. The molecular formula is C19H17N5O2S. The summed E-state index contributed by atoms with van der Waals surface area (Å²) in [5, 5.41) is 8.64. The van der Waals surface area contributed by atoms with Gasteiger partial charge in [-0.1, -0.05) is 18.2 Å². The summed E-state index contributed by atoms with van der Waals surface area (Å²) < 4.78 is 2.94. The Labute approximate surface area is 159 Å². The normalized spacial score (nSPS) is 11.0. The zero-order chi connectivity index (χ0) is 18.8. The van der Waals surface area contributed by atoms with Gasteiger partial charge in [-0.3, -0.25) is 14.2 Å². The van der Waals surface area contributed by atoms with Crippen molar-refractivity contribution < 1.29 is 4.79 Å². The van der Waals surface area contributed by atoms with E-state index in [1.807, 2.05) is 47.2 Å². The third-order valence-corrected chi connectivity index (χ3v) is 5.02. The van der Waals surface area contributed by atoms with E-state index in [1.54, 1.807) is 28.0 Å². The van der Waals surface area contributed by atoms with E-state index in [9.17, 15) is 9.59 Å². The minimum Gasteiger partial charge on any atom is -0.340 e. The van der Waals surface area contributed by atoms with Crippen LogP contribution in [0.3, 0.4) is 0 Å². The molecule has 0 aliphatic carbocycles. The molecule has 0 saturated carbocycles. The maximum Gasteiger partial charge on any atom is 0.264 e. The molecule has 0 spiro atoms. The molecule has 0 atom stereocenters. The molecule has 0 aliphatic rings. The molecular weight excluding hydrogens is 362 g/mol. The van der Waals surface area contributed by atoms with Crippen LogP contribution >= 0.6 is 11.3 Å². The van der Waals surface area contributed by atoms with Crippen molar-refractivity contribution >= 4 is 28.3 Å². The lowest BCUT2D eigenvalue weighted by molar-refractivity contribution is -0.131. The highest BCUT2D eigenvalue weighted by atomic mass is 32.1. The van der Waals surface area contributed by atoms with Gasteiger partial charge in [-0.2, -0.15) is 16.4 Å². The van der Waals surface area contributed by atoms with Crippen LogP contribution in [0.25, 0.3) is 16.7 Å². The molecule has 0 unspecified atom stereocenters. The number of hydrogen-bond donors (Lipinski definition) is 0. The van der Waals surface area contributed by atoms with E-state index in [0.29, 0.717) is 17.6 Å². The predicted molar refractivity (Wildman–Crippen MR) is 104 cm³/mol. The number of likely N-dealkylation sites (N-methyl/N-ethyl adjacent to an activating group) is 1. The summed E-state index contributed by atoms with van der Waals surface area (Å²) >= 11 is 1.59. The molecule has 7 nitrogen and oxygen atoms in total. The predicted octanol–water partition coefficient (Wildman–Crippen LogP) is 2.30. The number of fused-ring (bicyclic) bond motifs is 1. The van der Waals surface area contributed by atoms with Gasteiger partial charge in [0.05, 0.1) is 11.9 Å². The number of carbonyl (C=O) groups is 1. The highest BCUT2D eigenvalue weighted by Gasteiger charge is 2.15. The van der Waals surface area contributed by atoms with E-state index in [4.69, 9.17) is 0 Å². The van der Waals surface area contributed by atoms with Crippen LogP contribution in [0.15, 0.2) is 64.5 Å². The number of para-hydroxylation sites is 1. The van der Waals surface area contributed by atoms with Gasteiger partial charge >= 0.3 is 0 Å². The minimum atomic E-state index is -0.278. The molecule has 27 heavy (non-hydrogen) atoms. The van der Waals surface area contributed by atoms with E-state index >= 15 is 0 Å². The topological polar surface area (TPSA) is 73.0 Å². The standard InChI is InChI=1S/C19H17N5O2S/c1-22(10-14-7-8-27-12-14)17(25)11-23-13-20-18-16(19(23)26)9-21-24(18)15-5-3-2-4-6-15/h2-9,12-13H,10-11H2,1H3. The fourth-order valence-corrected chi connectivity index (χ4v) is 3.49. The molecule has 3 heterocycles. The van der Waals surface area contributed by atoms with Gasteiger partial charge in [0.1, 0.15) is 18.3 Å². The van der Waals surface area contributed by atoms with E-state index in [2.05, 4.69) is 10.1 Å². The van der Waals surface area contributed by atoms with Crippen molar-refractivity contribution in [2.24, 2.45) is 0 Å². The number of aromatic nitrogens is 4. The van der Waals surface area contributed by atoms with E-state index in [1.165, 1.54) is 17.1 Å². The van der Waals surface area contributed by atoms with Crippen LogP contribution in [0.4, 0.5) is 0 Å². The molecule has 1 aromatic carbocycles. The maximum atomic E-state index is 12.7. The van der Waals surface area contributed by atoms with Crippen molar-refractivity contribution in [1.29, 1.82) is 0 Å². The van der Waals surface area contributed by atoms with Gasteiger partial charge in [-0.25, -0.2) is 9.67 Å². The minimum absolute atomic E-state index is 0.0566. The van der Waals surface area contributed by atoms with Gasteiger partial charge in [0.25, 0.3) is 5.56 Å². The van der Waals surface area contributed by atoms with Gasteiger partial charge in [0, 0.05) is 13.6 Å². The van der Waals surface area contributed by atoms with Gasteiger partial charge < -0.3 is 4.90 Å². The Balaban J connectivity index is 1.59.